The summed E-state index contributed by atoms with van der Waals surface area (Å²) in [6.45, 7) is 6.62. The highest BCUT2D eigenvalue weighted by Gasteiger charge is 2.20. The van der Waals surface area contributed by atoms with Crippen molar-refractivity contribution in [2.24, 2.45) is 5.92 Å². The first-order valence-electron chi connectivity index (χ1n) is 7.07. The third-order valence-corrected chi connectivity index (χ3v) is 3.50. The minimum absolute atomic E-state index is 0.00888. The predicted octanol–water partition coefficient (Wildman–Crippen LogP) is 3.24. The summed E-state index contributed by atoms with van der Waals surface area (Å²) >= 11 is 3.37. The van der Waals surface area contributed by atoms with E-state index in [2.05, 4.69) is 15.9 Å². The molecule has 4 nitrogen and oxygen atoms in total. The number of ether oxygens (including phenoxy) is 1. The van der Waals surface area contributed by atoms with E-state index in [0.717, 1.165) is 10.9 Å². The Balaban J connectivity index is 2.84. The zero-order chi connectivity index (χ0) is 15.8. The van der Waals surface area contributed by atoms with Gasteiger partial charge in [0, 0.05) is 17.4 Å². The van der Waals surface area contributed by atoms with Crippen LogP contribution < -0.4 is 0 Å². The summed E-state index contributed by atoms with van der Waals surface area (Å²) in [5.41, 5.74) is 1.69. The van der Waals surface area contributed by atoms with Crippen LogP contribution in [0.2, 0.25) is 0 Å². The van der Waals surface area contributed by atoms with Crippen LogP contribution in [0.1, 0.15) is 36.7 Å². The Morgan fingerprint density at radius 1 is 1.24 bits per heavy atom. The lowest BCUT2D eigenvalue weighted by atomic mass is 10.1. The summed E-state index contributed by atoms with van der Waals surface area (Å²) in [7, 11) is 0. The molecule has 1 aromatic carbocycles. The van der Waals surface area contributed by atoms with Crippen molar-refractivity contribution in [2.45, 2.75) is 26.1 Å². The van der Waals surface area contributed by atoms with Crippen molar-refractivity contribution in [1.82, 2.24) is 4.90 Å². The lowest BCUT2D eigenvalue weighted by molar-refractivity contribution is -0.143. The van der Waals surface area contributed by atoms with E-state index in [0.29, 0.717) is 18.7 Å². The van der Waals surface area contributed by atoms with Crippen LogP contribution in [0.5, 0.6) is 0 Å². The number of amides is 1. The maximum absolute atomic E-state index is 12.5. The molecule has 1 rings (SSSR count). The molecule has 0 aromatic heterocycles. The average Bonchev–Trinajstić information content (AvgIpc) is 2.45. The van der Waals surface area contributed by atoms with Gasteiger partial charge in [0.1, 0.15) is 6.54 Å². The van der Waals surface area contributed by atoms with Crippen LogP contribution in [0.15, 0.2) is 24.3 Å². The quantitative estimate of drug-likeness (QED) is 0.557. The van der Waals surface area contributed by atoms with Crippen LogP contribution in [-0.2, 0) is 14.9 Å². The van der Waals surface area contributed by atoms with Crippen LogP contribution >= 0.6 is 15.9 Å². The Hall–Kier alpha value is -1.36. The molecule has 21 heavy (non-hydrogen) atoms. The van der Waals surface area contributed by atoms with Crippen molar-refractivity contribution in [2.75, 3.05) is 19.7 Å². The summed E-state index contributed by atoms with van der Waals surface area (Å²) in [6.07, 6.45) is 0. The van der Waals surface area contributed by atoms with Crippen LogP contribution in [-0.4, -0.2) is 36.5 Å². The molecular weight excluding hydrogens is 334 g/mol. The first-order chi connectivity index (χ1) is 9.97. The molecule has 0 aliphatic carbocycles. The normalized spacial score (nSPS) is 10.5. The number of hydrogen-bond donors (Lipinski definition) is 0. The van der Waals surface area contributed by atoms with Crippen molar-refractivity contribution in [3.63, 3.8) is 0 Å². The summed E-state index contributed by atoms with van der Waals surface area (Å²) in [4.78, 5) is 25.7. The second-order valence-electron chi connectivity index (χ2n) is 5.22. The summed E-state index contributed by atoms with van der Waals surface area (Å²) in [5.74, 6) is -0.230. The molecule has 0 aliphatic heterocycles. The molecular formula is C16H22BrNO3. The Morgan fingerprint density at radius 2 is 1.86 bits per heavy atom. The summed E-state index contributed by atoms with van der Waals surface area (Å²) in [5, 5.41) is 0.750. The molecule has 1 aromatic rings. The maximum atomic E-state index is 12.5. The zero-order valence-electron chi connectivity index (χ0n) is 12.8. The second kappa shape index (κ2) is 8.82. The van der Waals surface area contributed by atoms with Gasteiger partial charge in [-0.05, 0) is 30.5 Å². The molecule has 0 aliphatic rings. The molecule has 0 saturated carbocycles. The molecule has 0 heterocycles. The molecule has 1 amide bonds. The maximum Gasteiger partial charge on any atom is 0.325 e. The van der Waals surface area contributed by atoms with Crippen molar-refractivity contribution >= 4 is 27.8 Å². The van der Waals surface area contributed by atoms with Gasteiger partial charge in [0.2, 0.25) is 0 Å². The van der Waals surface area contributed by atoms with Gasteiger partial charge in [-0.25, -0.2) is 0 Å². The fourth-order valence-corrected chi connectivity index (χ4v) is 2.32. The molecule has 0 radical (unpaired) electrons. The minimum atomic E-state index is -0.372. The Morgan fingerprint density at radius 3 is 2.33 bits per heavy atom. The lowest BCUT2D eigenvalue weighted by Crippen LogP contribution is -2.38. The number of hydrogen-bond acceptors (Lipinski definition) is 3. The third kappa shape index (κ3) is 5.87. The number of halogens is 1. The number of esters is 1. The van der Waals surface area contributed by atoms with Gasteiger partial charge in [-0.3, -0.25) is 9.59 Å². The molecule has 0 unspecified atom stereocenters. The Bertz CT molecular complexity index is 471. The molecule has 0 bridgehead atoms. The van der Waals surface area contributed by atoms with Gasteiger partial charge in [0.25, 0.3) is 5.91 Å². The van der Waals surface area contributed by atoms with Crippen molar-refractivity contribution in [1.29, 1.82) is 0 Å². The van der Waals surface area contributed by atoms with Gasteiger partial charge in [-0.1, -0.05) is 41.9 Å². The molecule has 116 valence electrons. The smallest absolute Gasteiger partial charge is 0.325 e. The van der Waals surface area contributed by atoms with E-state index >= 15 is 0 Å². The first-order valence-corrected chi connectivity index (χ1v) is 8.19. The molecule has 0 atom stereocenters. The highest BCUT2D eigenvalue weighted by Crippen LogP contribution is 2.11. The van der Waals surface area contributed by atoms with Gasteiger partial charge >= 0.3 is 5.97 Å². The van der Waals surface area contributed by atoms with E-state index < -0.39 is 0 Å². The summed E-state index contributed by atoms with van der Waals surface area (Å²) in [6, 6.07) is 7.38. The highest BCUT2D eigenvalue weighted by molar-refractivity contribution is 9.08. The fraction of sp³-hybridized carbons (Fsp3) is 0.500. The zero-order valence-corrected chi connectivity index (χ0v) is 14.4. The Kier molecular flexibility index (Phi) is 7.43. The monoisotopic (exact) mass is 355 g/mol. The van der Waals surface area contributed by atoms with E-state index in [1.807, 2.05) is 26.0 Å². The van der Waals surface area contributed by atoms with Crippen LogP contribution in [0.25, 0.3) is 0 Å². The third-order valence-electron chi connectivity index (χ3n) is 2.85. The number of alkyl halides is 1. The standard InChI is InChI=1S/C16H22BrNO3/c1-4-21-15(19)11-18(10-12(2)3)16(20)14-7-5-13(9-17)6-8-14/h5-8,12H,4,9-11H2,1-3H3. The van der Waals surface area contributed by atoms with Gasteiger partial charge in [-0.15, -0.1) is 0 Å². The number of carbonyl (C=O) groups is 2. The van der Waals surface area contributed by atoms with Crippen LogP contribution in [0, 0.1) is 5.92 Å². The minimum Gasteiger partial charge on any atom is -0.465 e. The summed E-state index contributed by atoms with van der Waals surface area (Å²) < 4.78 is 4.94. The Labute approximate surface area is 134 Å². The molecule has 0 saturated heterocycles. The van der Waals surface area contributed by atoms with Gasteiger partial charge in [0.15, 0.2) is 0 Å². The van der Waals surface area contributed by atoms with E-state index in [4.69, 9.17) is 4.74 Å². The lowest BCUT2D eigenvalue weighted by Gasteiger charge is -2.23. The number of benzene rings is 1. The fourth-order valence-electron chi connectivity index (χ4n) is 1.94. The van der Waals surface area contributed by atoms with Gasteiger partial charge in [-0.2, -0.15) is 0 Å². The van der Waals surface area contributed by atoms with Crippen molar-refractivity contribution in [3.8, 4) is 0 Å². The topological polar surface area (TPSA) is 46.6 Å². The second-order valence-corrected chi connectivity index (χ2v) is 5.78. The first kappa shape index (κ1) is 17.7. The highest BCUT2D eigenvalue weighted by atomic mass is 79.9. The predicted molar refractivity (Wildman–Crippen MR) is 86.4 cm³/mol. The largest absolute Gasteiger partial charge is 0.465 e. The van der Waals surface area contributed by atoms with Crippen molar-refractivity contribution in [3.05, 3.63) is 35.4 Å². The van der Waals surface area contributed by atoms with E-state index in [1.165, 1.54) is 0 Å². The van der Waals surface area contributed by atoms with E-state index in [1.54, 1.807) is 24.0 Å². The van der Waals surface area contributed by atoms with Gasteiger partial charge in [0.05, 0.1) is 6.61 Å². The molecule has 0 fully saturated rings. The van der Waals surface area contributed by atoms with Crippen LogP contribution in [0.4, 0.5) is 0 Å². The molecule has 5 heteroatoms. The van der Waals surface area contributed by atoms with E-state index in [-0.39, 0.29) is 24.3 Å². The SMILES string of the molecule is CCOC(=O)CN(CC(C)C)C(=O)c1ccc(CBr)cc1. The van der Waals surface area contributed by atoms with E-state index in [9.17, 15) is 9.59 Å². The number of carbonyl (C=O) groups excluding carboxylic acids is 2. The van der Waals surface area contributed by atoms with Gasteiger partial charge < -0.3 is 9.64 Å². The number of rotatable bonds is 7. The molecule has 0 spiro atoms. The van der Waals surface area contributed by atoms with Crippen molar-refractivity contribution < 1.29 is 14.3 Å². The average molecular weight is 356 g/mol. The molecule has 0 N–H and O–H groups in total. The van der Waals surface area contributed by atoms with Crippen LogP contribution in [0.3, 0.4) is 0 Å². The number of nitrogens with zero attached hydrogens (tertiary/aromatic N) is 1.